The highest BCUT2D eigenvalue weighted by molar-refractivity contribution is 7.12. The zero-order valence-corrected chi connectivity index (χ0v) is 12.4. The van der Waals surface area contributed by atoms with Gasteiger partial charge in [-0.05, 0) is 31.2 Å². The molecule has 0 aromatic carbocycles. The third kappa shape index (κ3) is 4.33. The maximum absolute atomic E-state index is 11.8. The van der Waals surface area contributed by atoms with Crippen LogP contribution in [0.1, 0.15) is 35.0 Å². The van der Waals surface area contributed by atoms with Gasteiger partial charge in [-0.2, -0.15) is 0 Å². The van der Waals surface area contributed by atoms with E-state index >= 15 is 0 Å². The molecular weight excluding hydrogens is 266 g/mol. The summed E-state index contributed by atoms with van der Waals surface area (Å²) in [6, 6.07) is 0. The number of carbonyl (C=O) groups excluding carboxylic acids is 2. The third-order valence-corrected chi connectivity index (χ3v) is 3.87. The zero-order chi connectivity index (χ0) is 14.4. The van der Waals surface area contributed by atoms with E-state index in [0.717, 1.165) is 5.56 Å². The molecule has 0 aliphatic carbocycles. The van der Waals surface area contributed by atoms with Crippen LogP contribution in [-0.4, -0.2) is 32.2 Å². The Morgan fingerprint density at radius 2 is 2.11 bits per heavy atom. The van der Waals surface area contributed by atoms with E-state index in [1.807, 2.05) is 19.2 Å². The molecule has 0 aliphatic heterocycles. The Hall–Kier alpha value is -1.40. The molecule has 19 heavy (non-hydrogen) atoms. The first-order valence-electron chi connectivity index (χ1n) is 5.98. The summed E-state index contributed by atoms with van der Waals surface area (Å²) in [4.78, 5) is 23.8. The van der Waals surface area contributed by atoms with Crippen molar-refractivity contribution in [2.75, 3.05) is 19.5 Å². The molecule has 1 amide bonds. The molecule has 5 nitrogen and oxygen atoms in total. The molecule has 1 N–H and O–H groups in total. The van der Waals surface area contributed by atoms with E-state index in [-0.39, 0.29) is 12.0 Å². The lowest BCUT2D eigenvalue weighted by Gasteiger charge is -2.10. The van der Waals surface area contributed by atoms with Crippen molar-refractivity contribution in [3.8, 4) is 0 Å². The van der Waals surface area contributed by atoms with Crippen LogP contribution in [-0.2, 0) is 14.3 Å². The van der Waals surface area contributed by atoms with Gasteiger partial charge in [0.15, 0.2) is 0 Å². The summed E-state index contributed by atoms with van der Waals surface area (Å²) < 4.78 is 9.77. The minimum atomic E-state index is -0.432. The van der Waals surface area contributed by atoms with E-state index in [4.69, 9.17) is 4.74 Å². The van der Waals surface area contributed by atoms with Crippen molar-refractivity contribution in [2.45, 2.75) is 32.8 Å². The molecule has 0 radical (unpaired) electrons. The predicted molar refractivity (Wildman–Crippen MR) is 74.7 cm³/mol. The lowest BCUT2D eigenvalue weighted by Crippen LogP contribution is -2.17. The summed E-state index contributed by atoms with van der Waals surface area (Å²) in [6.07, 6.45) is 1.03. The number of amides is 1. The predicted octanol–water partition coefficient (Wildman–Crippen LogP) is 2.60. The van der Waals surface area contributed by atoms with Gasteiger partial charge < -0.3 is 14.8 Å². The summed E-state index contributed by atoms with van der Waals surface area (Å²) in [6.45, 7) is 3.75. The lowest BCUT2D eigenvalue weighted by molar-refractivity contribution is -0.116. The maximum atomic E-state index is 11.8. The highest BCUT2D eigenvalue weighted by atomic mass is 32.1. The van der Waals surface area contributed by atoms with Crippen LogP contribution in [0.4, 0.5) is 5.69 Å². The Morgan fingerprint density at radius 3 is 2.68 bits per heavy atom. The Bertz CT molecular complexity index is 455. The molecule has 1 aromatic heterocycles. The van der Waals surface area contributed by atoms with Crippen LogP contribution in [0.2, 0.25) is 0 Å². The van der Waals surface area contributed by atoms with Crippen LogP contribution in [0.5, 0.6) is 0 Å². The van der Waals surface area contributed by atoms with E-state index in [2.05, 4.69) is 10.1 Å². The van der Waals surface area contributed by atoms with Crippen molar-refractivity contribution < 1.29 is 19.1 Å². The molecule has 0 saturated carbocycles. The first kappa shape index (κ1) is 15.7. The molecule has 1 heterocycles. The molecule has 1 atom stereocenters. The van der Waals surface area contributed by atoms with Crippen LogP contribution in [0.3, 0.4) is 0 Å². The van der Waals surface area contributed by atoms with Crippen molar-refractivity contribution in [1.29, 1.82) is 0 Å². The second kappa shape index (κ2) is 7.25. The average molecular weight is 285 g/mol. The molecule has 1 unspecified atom stereocenters. The number of nitrogens with one attached hydrogen (secondary N) is 1. The fraction of sp³-hybridized carbons (Fsp3) is 0.538. The van der Waals surface area contributed by atoms with Crippen LogP contribution in [0.25, 0.3) is 0 Å². The Kier molecular flexibility index (Phi) is 5.98. The number of anilines is 1. The standard InChI is InChI=1S/C13H19NO4S/c1-8-7-19-12(13(16)18-4)11(8)14-10(15)6-5-9(2)17-3/h7,9H,5-6H2,1-4H3,(H,14,15). The van der Waals surface area contributed by atoms with Gasteiger partial charge in [0.25, 0.3) is 0 Å². The first-order valence-corrected chi connectivity index (χ1v) is 6.86. The van der Waals surface area contributed by atoms with Gasteiger partial charge in [0.2, 0.25) is 5.91 Å². The van der Waals surface area contributed by atoms with Gasteiger partial charge >= 0.3 is 5.97 Å². The number of carbonyl (C=O) groups is 2. The largest absolute Gasteiger partial charge is 0.465 e. The second-order valence-corrected chi connectivity index (χ2v) is 5.13. The number of hydrogen-bond acceptors (Lipinski definition) is 5. The number of thiophene rings is 1. The van der Waals surface area contributed by atoms with Gasteiger partial charge in [0.1, 0.15) is 4.88 Å². The lowest BCUT2D eigenvalue weighted by atomic mass is 10.2. The number of rotatable bonds is 6. The highest BCUT2D eigenvalue weighted by Gasteiger charge is 2.18. The average Bonchev–Trinajstić information content (AvgIpc) is 2.76. The summed E-state index contributed by atoms with van der Waals surface area (Å²) in [5.74, 6) is -0.561. The van der Waals surface area contributed by atoms with Crippen LogP contribution >= 0.6 is 11.3 Å². The zero-order valence-electron chi connectivity index (χ0n) is 11.6. The Morgan fingerprint density at radius 1 is 1.42 bits per heavy atom. The van der Waals surface area contributed by atoms with Crippen LogP contribution in [0.15, 0.2) is 5.38 Å². The quantitative estimate of drug-likeness (QED) is 0.816. The minimum Gasteiger partial charge on any atom is -0.465 e. The number of methoxy groups -OCH3 is 2. The SMILES string of the molecule is COC(=O)c1scc(C)c1NC(=O)CCC(C)OC. The summed E-state index contributed by atoms with van der Waals surface area (Å²) in [7, 11) is 2.93. The maximum Gasteiger partial charge on any atom is 0.350 e. The minimum absolute atomic E-state index is 0.0365. The number of esters is 1. The van der Waals surface area contributed by atoms with Crippen molar-refractivity contribution >= 4 is 28.9 Å². The van der Waals surface area contributed by atoms with E-state index in [9.17, 15) is 9.59 Å². The van der Waals surface area contributed by atoms with Crippen LogP contribution < -0.4 is 5.32 Å². The number of ether oxygens (including phenoxy) is 2. The van der Waals surface area contributed by atoms with Gasteiger partial charge in [-0.15, -0.1) is 11.3 Å². The second-order valence-electron chi connectivity index (χ2n) is 4.25. The molecule has 1 rings (SSSR count). The normalized spacial score (nSPS) is 12.0. The fourth-order valence-corrected chi connectivity index (χ4v) is 2.42. The van der Waals surface area contributed by atoms with Crippen molar-refractivity contribution in [1.82, 2.24) is 0 Å². The number of aryl methyl sites for hydroxylation is 1. The Labute approximate surface area is 116 Å². The van der Waals surface area contributed by atoms with Gasteiger partial charge in [-0.3, -0.25) is 4.79 Å². The molecule has 0 spiro atoms. The molecule has 0 fully saturated rings. The van der Waals surface area contributed by atoms with Gasteiger partial charge in [-0.25, -0.2) is 4.79 Å². The molecule has 0 bridgehead atoms. The van der Waals surface area contributed by atoms with Gasteiger partial charge in [-0.1, -0.05) is 0 Å². The van der Waals surface area contributed by atoms with Crippen molar-refractivity contribution in [2.24, 2.45) is 0 Å². The first-order chi connectivity index (χ1) is 8.99. The molecular formula is C13H19NO4S. The topological polar surface area (TPSA) is 64.6 Å². The molecule has 1 aromatic rings. The Balaban J connectivity index is 2.68. The number of hydrogen-bond donors (Lipinski definition) is 1. The molecule has 6 heteroatoms. The highest BCUT2D eigenvalue weighted by Crippen LogP contribution is 2.28. The molecule has 0 aliphatic rings. The van der Waals surface area contributed by atoms with Crippen LogP contribution in [0, 0.1) is 6.92 Å². The summed E-state index contributed by atoms with van der Waals surface area (Å²) in [5.41, 5.74) is 1.41. The van der Waals surface area contributed by atoms with Gasteiger partial charge in [0, 0.05) is 13.5 Å². The fourth-order valence-electron chi connectivity index (χ4n) is 1.50. The van der Waals surface area contributed by atoms with E-state index in [1.165, 1.54) is 18.4 Å². The third-order valence-electron chi connectivity index (χ3n) is 2.79. The molecule has 106 valence electrons. The smallest absolute Gasteiger partial charge is 0.350 e. The van der Waals surface area contributed by atoms with E-state index in [1.54, 1.807) is 7.11 Å². The van der Waals surface area contributed by atoms with E-state index < -0.39 is 5.97 Å². The van der Waals surface area contributed by atoms with Crippen molar-refractivity contribution in [3.63, 3.8) is 0 Å². The molecule has 0 saturated heterocycles. The summed E-state index contributed by atoms with van der Waals surface area (Å²) in [5, 5.41) is 4.59. The monoisotopic (exact) mass is 285 g/mol. The van der Waals surface area contributed by atoms with E-state index in [0.29, 0.717) is 23.4 Å². The van der Waals surface area contributed by atoms with Gasteiger partial charge in [0.05, 0.1) is 18.9 Å². The summed E-state index contributed by atoms with van der Waals surface area (Å²) >= 11 is 1.27. The van der Waals surface area contributed by atoms with Crippen molar-refractivity contribution in [3.05, 3.63) is 15.8 Å².